The van der Waals surface area contributed by atoms with Crippen molar-refractivity contribution in [2.45, 2.75) is 45.2 Å². The Morgan fingerprint density at radius 2 is 1.54 bits per heavy atom. The third-order valence-corrected chi connectivity index (χ3v) is 10.9. The molecule has 5 rings (SSSR count). The third-order valence-electron chi connectivity index (χ3n) is 8.48. The Morgan fingerprint density at radius 1 is 0.957 bits per heavy atom. The molecule has 0 radical (unpaired) electrons. The van der Waals surface area contributed by atoms with Gasteiger partial charge in [-0.1, -0.05) is 53.5 Å². The first-order valence-electron chi connectivity index (χ1n) is 15.2. The van der Waals surface area contributed by atoms with Crippen LogP contribution in [-0.4, -0.2) is 72.9 Å². The summed E-state index contributed by atoms with van der Waals surface area (Å²) < 4.78 is 32.7. The van der Waals surface area contributed by atoms with Crippen LogP contribution in [0.25, 0.3) is 0 Å². The molecule has 1 saturated heterocycles. The molecule has 46 heavy (non-hydrogen) atoms. The maximum Gasteiger partial charge on any atom is 0.326 e. The largest absolute Gasteiger partial charge is 0.493 e. The molecule has 0 aliphatic carbocycles. The Kier molecular flexibility index (Phi) is 9.99. The molecule has 0 spiro atoms. The standard InChI is InChI=1S/C34H37Cl2N5O4S/c1-5-45-29-16-11-25(34(3,4)22-37)21-28(29)32-38-30(23-7-12-26(35)13-8-23)31(24-9-14-27(36)15-10-24)41(32)33(42)39-17-19-40(20-18-39)46(43,44)6-2/h7-16,21,30-31H,5-6,17-20H2,1-4H3/t30-,31+/m0/s1. The summed E-state index contributed by atoms with van der Waals surface area (Å²) in [6.45, 7) is 8.39. The SMILES string of the molecule is CCOc1ccc(C(C)(C)C#N)cc1C1=N[C@@H](c2ccc(Cl)cc2)[C@@H](c2ccc(Cl)cc2)N1C(=O)N1CCN(S(=O)(=O)CC)CC1. The van der Waals surface area contributed by atoms with Gasteiger partial charge in [-0.2, -0.15) is 9.57 Å². The van der Waals surface area contributed by atoms with E-state index in [1.165, 1.54) is 4.31 Å². The van der Waals surface area contributed by atoms with Crippen molar-refractivity contribution in [1.29, 1.82) is 5.26 Å². The Hall–Kier alpha value is -3.62. The van der Waals surface area contributed by atoms with Crippen molar-refractivity contribution in [2.75, 3.05) is 38.5 Å². The predicted molar refractivity (Wildman–Crippen MR) is 181 cm³/mol. The number of urea groups is 1. The highest BCUT2D eigenvalue weighted by Crippen LogP contribution is 2.46. The van der Waals surface area contributed by atoms with E-state index in [4.69, 9.17) is 32.9 Å². The van der Waals surface area contributed by atoms with Crippen LogP contribution in [0.5, 0.6) is 5.75 Å². The van der Waals surface area contributed by atoms with Gasteiger partial charge in [-0.25, -0.2) is 13.2 Å². The van der Waals surface area contributed by atoms with E-state index in [0.29, 0.717) is 33.8 Å². The second-order valence-corrected chi connectivity index (χ2v) is 14.9. The van der Waals surface area contributed by atoms with Gasteiger partial charge in [-0.3, -0.25) is 9.89 Å². The number of ether oxygens (including phenoxy) is 1. The van der Waals surface area contributed by atoms with Crippen LogP contribution in [-0.2, 0) is 15.4 Å². The highest BCUT2D eigenvalue weighted by Gasteiger charge is 2.45. The number of nitriles is 1. The second kappa shape index (κ2) is 13.6. The van der Waals surface area contributed by atoms with Gasteiger partial charge in [0.25, 0.3) is 0 Å². The molecule has 2 atom stereocenters. The minimum Gasteiger partial charge on any atom is -0.493 e. The first-order valence-corrected chi connectivity index (χ1v) is 17.6. The molecule has 2 aliphatic rings. The van der Waals surface area contributed by atoms with Crippen LogP contribution < -0.4 is 4.74 Å². The normalized spacial score (nSPS) is 19.1. The number of benzene rings is 3. The molecule has 3 aromatic carbocycles. The van der Waals surface area contributed by atoms with Gasteiger partial charge in [-0.05, 0) is 80.8 Å². The zero-order valence-electron chi connectivity index (χ0n) is 26.3. The number of amides is 2. The number of amidine groups is 1. The van der Waals surface area contributed by atoms with Gasteiger partial charge in [0, 0.05) is 36.2 Å². The van der Waals surface area contributed by atoms with Crippen LogP contribution in [0.2, 0.25) is 10.0 Å². The summed E-state index contributed by atoms with van der Waals surface area (Å²) >= 11 is 12.6. The van der Waals surface area contributed by atoms with E-state index in [2.05, 4.69) is 6.07 Å². The number of rotatable bonds is 8. The van der Waals surface area contributed by atoms with Gasteiger partial charge < -0.3 is 9.64 Å². The van der Waals surface area contributed by atoms with E-state index in [-0.39, 0.29) is 38.0 Å². The van der Waals surface area contributed by atoms with Gasteiger partial charge in [0.05, 0.1) is 35.4 Å². The van der Waals surface area contributed by atoms with Crippen molar-refractivity contribution < 1.29 is 17.9 Å². The van der Waals surface area contributed by atoms with Crippen molar-refractivity contribution in [1.82, 2.24) is 14.1 Å². The summed E-state index contributed by atoms with van der Waals surface area (Å²) in [7, 11) is -3.39. The molecule has 0 aromatic heterocycles. The summed E-state index contributed by atoms with van der Waals surface area (Å²) in [5.41, 5.74) is 2.18. The first kappa shape index (κ1) is 33.7. The van der Waals surface area contributed by atoms with Gasteiger partial charge in [0.15, 0.2) is 0 Å². The number of carbonyl (C=O) groups is 1. The van der Waals surface area contributed by atoms with Crippen molar-refractivity contribution >= 4 is 45.1 Å². The number of halogens is 2. The average Bonchev–Trinajstić information content (AvgIpc) is 3.45. The van der Waals surface area contributed by atoms with E-state index >= 15 is 0 Å². The van der Waals surface area contributed by atoms with E-state index in [0.717, 1.165) is 16.7 Å². The molecular weight excluding hydrogens is 645 g/mol. The smallest absolute Gasteiger partial charge is 0.326 e. The fourth-order valence-corrected chi connectivity index (χ4v) is 7.12. The molecule has 0 N–H and O–H groups in total. The van der Waals surface area contributed by atoms with Crippen molar-refractivity contribution in [3.8, 4) is 11.8 Å². The molecule has 2 amide bonds. The number of nitrogens with zero attached hydrogens (tertiary/aromatic N) is 5. The van der Waals surface area contributed by atoms with Crippen LogP contribution in [0.3, 0.4) is 0 Å². The molecule has 0 saturated carbocycles. The first-order chi connectivity index (χ1) is 21.9. The van der Waals surface area contributed by atoms with Gasteiger partial charge in [0.2, 0.25) is 10.0 Å². The molecule has 12 heteroatoms. The minimum atomic E-state index is -3.39. The zero-order valence-corrected chi connectivity index (χ0v) is 28.6. The van der Waals surface area contributed by atoms with E-state index in [1.54, 1.807) is 41.0 Å². The third kappa shape index (κ3) is 6.74. The van der Waals surface area contributed by atoms with Crippen molar-refractivity contribution in [3.63, 3.8) is 0 Å². The molecule has 9 nitrogen and oxygen atoms in total. The molecular formula is C34H37Cl2N5O4S. The average molecular weight is 683 g/mol. The number of carbonyl (C=O) groups excluding carboxylic acids is 1. The minimum absolute atomic E-state index is 0.000875. The quantitative estimate of drug-likeness (QED) is 0.259. The number of hydrogen-bond acceptors (Lipinski definition) is 6. The number of sulfonamides is 1. The highest BCUT2D eigenvalue weighted by molar-refractivity contribution is 7.89. The number of aliphatic imine (C=N–C) groups is 1. The van der Waals surface area contributed by atoms with Crippen LogP contribution in [0.15, 0.2) is 71.7 Å². The van der Waals surface area contributed by atoms with Gasteiger partial charge in [0.1, 0.15) is 17.6 Å². The predicted octanol–water partition coefficient (Wildman–Crippen LogP) is 6.83. The molecule has 3 aromatic rings. The maximum absolute atomic E-state index is 14.8. The van der Waals surface area contributed by atoms with E-state index < -0.39 is 27.5 Å². The van der Waals surface area contributed by atoms with Crippen molar-refractivity contribution in [3.05, 3.63) is 99.0 Å². The lowest BCUT2D eigenvalue weighted by atomic mass is 9.85. The van der Waals surface area contributed by atoms with Crippen molar-refractivity contribution in [2.24, 2.45) is 4.99 Å². The van der Waals surface area contributed by atoms with Crippen LogP contribution >= 0.6 is 23.2 Å². The lowest BCUT2D eigenvalue weighted by Crippen LogP contribution is -2.55. The topological polar surface area (TPSA) is 106 Å². The molecule has 2 heterocycles. The highest BCUT2D eigenvalue weighted by atomic mass is 35.5. The lowest BCUT2D eigenvalue weighted by Gasteiger charge is -2.38. The van der Waals surface area contributed by atoms with E-state index in [1.807, 2.05) is 63.2 Å². The molecule has 2 aliphatic heterocycles. The lowest BCUT2D eigenvalue weighted by molar-refractivity contribution is 0.143. The Bertz CT molecular complexity index is 1760. The summed E-state index contributed by atoms with van der Waals surface area (Å²) in [5, 5.41) is 11.1. The zero-order chi connectivity index (χ0) is 33.2. The molecule has 242 valence electrons. The fraction of sp³-hybridized carbons (Fsp3) is 0.382. The Labute approximate surface area is 281 Å². The second-order valence-electron chi connectivity index (χ2n) is 11.8. The Balaban J connectivity index is 1.69. The van der Waals surface area contributed by atoms with E-state index in [9.17, 15) is 18.5 Å². The summed E-state index contributed by atoms with van der Waals surface area (Å²) in [6.07, 6.45) is 0. The summed E-state index contributed by atoms with van der Waals surface area (Å²) in [6, 6.07) is 21.2. The van der Waals surface area contributed by atoms with Crippen LogP contribution in [0.1, 0.15) is 62.0 Å². The molecule has 1 fully saturated rings. The fourth-order valence-electron chi connectivity index (χ4n) is 5.79. The Morgan fingerprint density at radius 3 is 2.09 bits per heavy atom. The van der Waals surface area contributed by atoms with Gasteiger partial charge >= 0.3 is 6.03 Å². The maximum atomic E-state index is 14.8. The number of piperazine rings is 1. The van der Waals surface area contributed by atoms with Gasteiger partial charge in [-0.15, -0.1) is 0 Å². The molecule has 0 unspecified atom stereocenters. The monoisotopic (exact) mass is 681 g/mol. The molecule has 0 bridgehead atoms. The number of hydrogen-bond donors (Lipinski definition) is 0. The summed E-state index contributed by atoms with van der Waals surface area (Å²) in [5.74, 6) is 0.926. The summed E-state index contributed by atoms with van der Waals surface area (Å²) in [4.78, 5) is 23.4. The van der Waals surface area contributed by atoms with Crippen LogP contribution in [0.4, 0.5) is 4.79 Å². The van der Waals surface area contributed by atoms with Crippen LogP contribution in [0, 0.1) is 11.3 Å².